The number of hydrogen-bond acceptors (Lipinski definition) is 4. The van der Waals surface area contributed by atoms with Crippen LogP contribution >= 0.6 is 36.2 Å². The summed E-state index contributed by atoms with van der Waals surface area (Å²) in [7, 11) is 1.86. The zero-order valence-corrected chi connectivity index (χ0v) is 14.3. The zero-order valence-electron chi connectivity index (χ0n) is 11.9. The standard InChI is InChI=1S/C13H21N3OS.2ClH/c1-3-11-7-15-12(18-11)8-16(2)13(17)9-4-5-10(14)6-9;;/h7,9-10H,3-6,8,14H2,1-2H3;2*1H. The molecule has 2 unspecified atom stereocenters. The van der Waals surface area contributed by atoms with Crippen molar-refractivity contribution in [2.24, 2.45) is 11.7 Å². The zero-order chi connectivity index (χ0) is 13.1. The molecule has 0 spiro atoms. The third-order valence-electron chi connectivity index (χ3n) is 3.52. The number of carbonyl (C=O) groups excluding carboxylic acids is 1. The number of thiazole rings is 1. The molecule has 1 heterocycles. The van der Waals surface area contributed by atoms with Crippen molar-refractivity contribution in [1.29, 1.82) is 0 Å². The second kappa shape index (κ2) is 8.82. The topological polar surface area (TPSA) is 59.2 Å². The van der Waals surface area contributed by atoms with E-state index < -0.39 is 0 Å². The Morgan fingerprint density at radius 3 is 2.70 bits per heavy atom. The summed E-state index contributed by atoms with van der Waals surface area (Å²) in [5.74, 6) is 0.340. The molecule has 1 aromatic heterocycles. The van der Waals surface area contributed by atoms with Crippen LogP contribution in [0.3, 0.4) is 0 Å². The highest BCUT2D eigenvalue weighted by atomic mass is 35.5. The van der Waals surface area contributed by atoms with E-state index >= 15 is 0 Å². The summed E-state index contributed by atoms with van der Waals surface area (Å²) in [6, 6.07) is 0.207. The van der Waals surface area contributed by atoms with Gasteiger partial charge in [0.1, 0.15) is 5.01 Å². The van der Waals surface area contributed by atoms with Crippen LogP contribution in [0.2, 0.25) is 0 Å². The number of hydrogen-bond donors (Lipinski definition) is 1. The molecule has 116 valence electrons. The van der Waals surface area contributed by atoms with Gasteiger partial charge in [0.2, 0.25) is 5.91 Å². The number of aryl methyl sites for hydroxylation is 1. The van der Waals surface area contributed by atoms with Crippen molar-refractivity contribution in [3.63, 3.8) is 0 Å². The van der Waals surface area contributed by atoms with Crippen molar-refractivity contribution in [1.82, 2.24) is 9.88 Å². The van der Waals surface area contributed by atoms with Crippen molar-refractivity contribution in [2.45, 2.75) is 45.2 Å². The van der Waals surface area contributed by atoms with Crippen LogP contribution < -0.4 is 5.73 Å². The van der Waals surface area contributed by atoms with E-state index in [0.29, 0.717) is 6.54 Å². The summed E-state index contributed by atoms with van der Waals surface area (Å²) in [4.78, 5) is 19.6. The molecule has 1 saturated carbocycles. The van der Waals surface area contributed by atoms with E-state index in [0.717, 1.165) is 30.7 Å². The lowest BCUT2D eigenvalue weighted by atomic mass is 10.1. The van der Waals surface area contributed by atoms with E-state index in [2.05, 4.69) is 11.9 Å². The van der Waals surface area contributed by atoms with Crippen LogP contribution in [0.5, 0.6) is 0 Å². The molecule has 0 aliphatic heterocycles. The summed E-state index contributed by atoms with van der Waals surface area (Å²) in [5.41, 5.74) is 5.86. The number of nitrogens with zero attached hydrogens (tertiary/aromatic N) is 2. The Hall–Kier alpha value is -0.360. The molecule has 2 atom stereocenters. The third kappa shape index (κ3) is 4.88. The average molecular weight is 340 g/mol. The number of aromatic nitrogens is 1. The molecule has 7 heteroatoms. The van der Waals surface area contributed by atoms with Gasteiger partial charge in [-0.1, -0.05) is 6.92 Å². The van der Waals surface area contributed by atoms with Gasteiger partial charge in [0.05, 0.1) is 6.54 Å². The predicted octanol–water partition coefficient (Wildman–Crippen LogP) is 2.63. The maximum Gasteiger partial charge on any atom is 0.225 e. The maximum atomic E-state index is 12.2. The average Bonchev–Trinajstić information content (AvgIpc) is 2.97. The minimum Gasteiger partial charge on any atom is -0.339 e. The first-order valence-corrected chi connectivity index (χ1v) is 7.36. The number of carbonyl (C=O) groups is 1. The van der Waals surface area contributed by atoms with Crippen molar-refractivity contribution in [2.75, 3.05) is 7.05 Å². The fourth-order valence-electron chi connectivity index (χ4n) is 2.42. The highest BCUT2D eigenvalue weighted by Crippen LogP contribution is 2.26. The van der Waals surface area contributed by atoms with Crippen LogP contribution in [-0.2, 0) is 17.8 Å². The molecule has 1 amide bonds. The Kier molecular flexibility index (Phi) is 8.66. The minimum atomic E-state index is 0. The molecule has 0 radical (unpaired) electrons. The van der Waals surface area contributed by atoms with Crippen molar-refractivity contribution in [3.05, 3.63) is 16.1 Å². The molecular weight excluding hydrogens is 317 g/mol. The fourth-order valence-corrected chi connectivity index (χ4v) is 3.33. The molecule has 2 N–H and O–H groups in total. The van der Waals surface area contributed by atoms with Crippen molar-refractivity contribution >= 4 is 42.1 Å². The number of nitrogens with two attached hydrogens (primary N) is 1. The molecule has 1 aromatic rings. The van der Waals surface area contributed by atoms with E-state index in [-0.39, 0.29) is 42.7 Å². The third-order valence-corrected chi connectivity index (χ3v) is 4.65. The second-order valence-electron chi connectivity index (χ2n) is 5.04. The largest absolute Gasteiger partial charge is 0.339 e. The lowest BCUT2D eigenvalue weighted by molar-refractivity contribution is -0.134. The number of rotatable bonds is 4. The van der Waals surface area contributed by atoms with Gasteiger partial charge in [0.15, 0.2) is 0 Å². The molecule has 2 rings (SSSR count). The van der Waals surface area contributed by atoms with Crippen LogP contribution in [0.25, 0.3) is 0 Å². The molecular formula is C13H23Cl2N3OS. The second-order valence-corrected chi connectivity index (χ2v) is 6.24. The van der Waals surface area contributed by atoms with Crippen LogP contribution in [0.4, 0.5) is 0 Å². The highest BCUT2D eigenvalue weighted by molar-refractivity contribution is 7.11. The van der Waals surface area contributed by atoms with Crippen molar-refractivity contribution < 1.29 is 4.79 Å². The quantitative estimate of drug-likeness (QED) is 0.917. The highest BCUT2D eigenvalue weighted by Gasteiger charge is 2.29. The summed E-state index contributed by atoms with van der Waals surface area (Å²) in [6.07, 6.45) is 5.65. The Morgan fingerprint density at radius 2 is 2.20 bits per heavy atom. The number of halogens is 2. The minimum absolute atomic E-state index is 0. The van der Waals surface area contributed by atoms with E-state index in [1.165, 1.54) is 4.88 Å². The van der Waals surface area contributed by atoms with Gasteiger partial charge in [-0.2, -0.15) is 0 Å². The summed E-state index contributed by atoms with van der Waals surface area (Å²) >= 11 is 1.69. The van der Waals surface area contributed by atoms with Crippen LogP contribution in [0.1, 0.15) is 36.1 Å². The van der Waals surface area contributed by atoms with Gasteiger partial charge in [0.25, 0.3) is 0 Å². The van der Waals surface area contributed by atoms with Gasteiger partial charge in [-0.25, -0.2) is 4.98 Å². The predicted molar refractivity (Wildman–Crippen MR) is 87.8 cm³/mol. The van der Waals surface area contributed by atoms with E-state index in [1.807, 2.05) is 13.2 Å². The maximum absolute atomic E-state index is 12.2. The molecule has 4 nitrogen and oxygen atoms in total. The summed E-state index contributed by atoms with van der Waals surface area (Å²) in [6.45, 7) is 2.74. The first kappa shape index (κ1) is 19.6. The van der Waals surface area contributed by atoms with Gasteiger partial charge in [-0.3, -0.25) is 4.79 Å². The molecule has 0 saturated heterocycles. The smallest absolute Gasteiger partial charge is 0.225 e. The van der Waals surface area contributed by atoms with Gasteiger partial charge in [0, 0.05) is 30.1 Å². The number of amides is 1. The van der Waals surface area contributed by atoms with Crippen LogP contribution in [0.15, 0.2) is 6.20 Å². The fraction of sp³-hybridized carbons (Fsp3) is 0.692. The lowest BCUT2D eigenvalue weighted by Gasteiger charge is -2.19. The molecule has 20 heavy (non-hydrogen) atoms. The first-order chi connectivity index (χ1) is 8.60. The van der Waals surface area contributed by atoms with Crippen LogP contribution in [0, 0.1) is 5.92 Å². The van der Waals surface area contributed by atoms with E-state index in [4.69, 9.17) is 5.73 Å². The normalized spacial score (nSPS) is 20.9. The summed E-state index contributed by atoms with van der Waals surface area (Å²) < 4.78 is 0. The monoisotopic (exact) mass is 339 g/mol. The van der Waals surface area contributed by atoms with E-state index in [9.17, 15) is 4.79 Å². The van der Waals surface area contributed by atoms with Gasteiger partial charge in [-0.05, 0) is 25.7 Å². The molecule has 1 aliphatic carbocycles. The molecule has 1 fully saturated rings. The van der Waals surface area contributed by atoms with Gasteiger partial charge in [-0.15, -0.1) is 36.2 Å². The Morgan fingerprint density at radius 1 is 1.50 bits per heavy atom. The molecule has 0 aromatic carbocycles. The first-order valence-electron chi connectivity index (χ1n) is 6.54. The Balaban J connectivity index is 0.00000180. The lowest BCUT2D eigenvalue weighted by Crippen LogP contribution is -2.32. The van der Waals surface area contributed by atoms with Gasteiger partial charge >= 0.3 is 0 Å². The van der Waals surface area contributed by atoms with Crippen LogP contribution in [-0.4, -0.2) is 28.9 Å². The van der Waals surface area contributed by atoms with Gasteiger partial charge < -0.3 is 10.6 Å². The Bertz CT molecular complexity index is 428. The SMILES string of the molecule is CCc1cnc(CN(C)C(=O)C2CCC(N)C2)s1.Cl.Cl. The van der Waals surface area contributed by atoms with Crippen molar-refractivity contribution in [3.8, 4) is 0 Å². The molecule has 0 bridgehead atoms. The molecule has 1 aliphatic rings. The summed E-state index contributed by atoms with van der Waals surface area (Å²) in [5, 5.41) is 1.02. The van der Waals surface area contributed by atoms with E-state index in [1.54, 1.807) is 16.2 Å². The Labute approximate surface area is 137 Å².